The summed E-state index contributed by atoms with van der Waals surface area (Å²) in [6, 6.07) is 98.1. The number of nitrogens with zero attached hydrogens (tertiary/aromatic N) is 2. The summed E-state index contributed by atoms with van der Waals surface area (Å²) >= 11 is 0. The maximum absolute atomic E-state index is 2.45. The van der Waals surface area contributed by atoms with E-state index in [0.29, 0.717) is 0 Å². The fourth-order valence-corrected chi connectivity index (χ4v) is 11.3. The highest BCUT2D eigenvalue weighted by Gasteiger charge is 2.21. The molecule has 0 saturated heterocycles. The van der Waals surface area contributed by atoms with Crippen molar-refractivity contribution in [3.63, 3.8) is 0 Å². The molecular weight excluding hydrogens is 845 g/mol. The SMILES string of the molecule is c1ccc(-c2c(-c3ccc(N(c4ccc(-c5ccc6c7ccc8ccccc8c7n(-c7ccccc7)c6c5)cc4)c4ccc5ccc6ccccc6c5c4)cc3)c3ccccc3c3ccccc23)cc1. The molecule has 0 unspecified atom stereocenters. The third-order valence-corrected chi connectivity index (χ3v) is 14.5. The van der Waals surface area contributed by atoms with Crippen LogP contribution in [0.4, 0.5) is 17.1 Å². The molecule has 0 spiro atoms. The molecule has 14 aromatic rings. The van der Waals surface area contributed by atoms with E-state index in [1.54, 1.807) is 0 Å². The van der Waals surface area contributed by atoms with E-state index in [4.69, 9.17) is 0 Å². The third-order valence-electron chi connectivity index (χ3n) is 14.5. The lowest BCUT2D eigenvalue weighted by atomic mass is 9.85. The quantitative estimate of drug-likeness (QED) is 0.145. The summed E-state index contributed by atoms with van der Waals surface area (Å²) in [7, 11) is 0. The van der Waals surface area contributed by atoms with Gasteiger partial charge in [-0.3, -0.25) is 0 Å². The summed E-state index contributed by atoms with van der Waals surface area (Å²) in [5.41, 5.74) is 14.1. The molecular formula is C68H44N2. The average Bonchev–Trinajstić information content (AvgIpc) is 3.78. The van der Waals surface area contributed by atoms with Crippen LogP contribution in [-0.2, 0) is 0 Å². The highest BCUT2D eigenvalue weighted by molar-refractivity contribution is 6.22. The van der Waals surface area contributed by atoms with Crippen molar-refractivity contribution in [1.82, 2.24) is 4.57 Å². The maximum Gasteiger partial charge on any atom is 0.0619 e. The fourth-order valence-electron chi connectivity index (χ4n) is 11.3. The van der Waals surface area contributed by atoms with Crippen LogP contribution in [0.1, 0.15) is 0 Å². The summed E-state index contributed by atoms with van der Waals surface area (Å²) in [4.78, 5) is 2.41. The van der Waals surface area contributed by atoms with Crippen LogP contribution in [0.3, 0.4) is 0 Å². The van der Waals surface area contributed by atoms with Crippen molar-refractivity contribution in [2.75, 3.05) is 4.90 Å². The van der Waals surface area contributed by atoms with Crippen molar-refractivity contribution in [1.29, 1.82) is 0 Å². The highest BCUT2D eigenvalue weighted by atomic mass is 15.1. The predicted octanol–water partition coefficient (Wildman–Crippen LogP) is 19.0. The van der Waals surface area contributed by atoms with Crippen molar-refractivity contribution in [3.8, 4) is 39.1 Å². The number of benzene rings is 13. The average molecular weight is 889 g/mol. The molecule has 1 heterocycles. The van der Waals surface area contributed by atoms with E-state index in [1.165, 1.54) is 103 Å². The number of hydrogen-bond acceptors (Lipinski definition) is 1. The van der Waals surface area contributed by atoms with Gasteiger partial charge in [0, 0.05) is 38.9 Å². The van der Waals surface area contributed by atoms with Gasteiger partial charge in [-0.1, -0.05) is 212 Å². The molecule has 0 aliphatic rings. The normalized spacial score (nSPS) is 11.7. The van der Waals surface area contributed by atoms with Gasteiger partial charge in [0.2, 0.25) is 0 Å². The Bertz CT molecular complexity index is 4320. The minimum absolute atomic E-state index is 1.09. The predicted molar refractivity (Wildman–Crippen MR) is 299 cm³/mol. The van der Waals surface area contributed by atoms with E-state index in [0.717, 1.165) is 28.3 Å². The molecule has 0 bridgehead atoms. The van der Waals surface area contributed by atoms with E-state index in [2.05, 4.69) is 276 Å². The molecule has 0 amide bonds. The second-order valence-electron chi connectivity index (χ2n) is 18.4. The second kappa shape index (κ2) is 16.2. The van der Waals surface area contributed by atoms with Gasteiger partial charge in [-0.2, -0.15) is 0 Å². The topological polar surface area (TPSA) is 8.17 Å². The lowest BCUT2D eigenvalue weighted by Crippen LogP contribution is -2.10. The van der Waals surface area contributed by atoms with Gasteiger partial charge in [0.25, 0.3) is 0 Å². The van der Waals surface area contributed by atoms with Crippen LogP contribution >= 0.6 is 0 Å². The number of fused-ring (bicyclic) bond motifs is 11. The summed E-state index contributed by atoms with van der Waals surface area (Å²) in [6.07, 6.45) is 0. The molecule has 0 saturated carbocycles. The van der Waals surface area contributed by atoms with Crippen LogP contribution in [-0.4, -0.2) is 4.57 Å². The molecule has 326 valence electrons. The van der Waals surface area contributed by atoms with Gasteiger partial charge in [-0.25, -0.2) is 0 Å². The van der Waals surface area contributed by atoms with E-state index < -0.39 is 0 Å². The minimum Gasteiger partial charge on any atom is -0.310 e. The second-order valence-corrected chi connectivity index (χ2v) is 18.4. The number of para-hydroxylation sites is 1. The first kappa shape index (κ1) is 39.9. The van der Waals surface area contributed by atoms with Crippen LogP contribution in [0.15, 0.2) is 267 Å². The van der Waals surface area contributed by atoms with Crippen LogP contribution in [0.25, 0.3) is 115 Å². The summed E-state index contributed by atoms with van der Waals surface area (Å²) in [6.45, 7) is 0. The summed E-state index contributed by atoms with van der Waals surface area (Å²) in [5, 5.41) is 15.0. The monoisotopic (exact) mass is 888 g/mol. The zero-order chi connectivity index (χ0) is 46.1. The van der Waals surface area contributed by atoms with Gasteiger partial charge >= 0.3 is 0 Å². The first-order valence-electron chi connectivity index (χ1n) is 24.2. The Hall–Kier alpha value is -9.24. The molecule has 2 nitrogen and oxygen atoms in total. The first-order valence-corrected chi connectivity index (χ1v) is 24.2. The van der Waals surface area contributed by atoms with E-state index >= 15 is 0 Å². The molecule has 0 N–H and O–H groups in total. The Morgan fingerprint density at radius 2 is 0.686 bits per heavy atom. The summed E-state index contributed by atoms with van der Waals surface area (Å²) in [5.74, 6) is 0. The molecule has 0 aliphatic carbocycles. The fraction of sp³-hybridized carbons (Fsp3) is 0. The molecule has 13 aromatic carbocycles. The number of hydrogen-bond donors (Lipinski definition) is 0. The minimum atomic E-state index is 1.09. The maximum atomic E-state index is 2.45. The molecule has 0 fully saturated rings. The lowest BCUT2D eigenvalue weighted by Gasteiger charge is -2.27. The van der Waals surface area contributed by atoms with Crippen LogP contribution in [0.5, 0.6) is 0 Å². The Morgan fingerprint density at radius 1 is 0.243 bits per heavy atom. The van der Waals surface area contributed by atoms with Crippen LogP contribution in [0, 0.1) is 0 Å². The van der Waals surface area contributed by atoms with Crippen molar-refractivity contribution in [2.24, 2.45) is 0 Å². The standard InChI is InChI=1S/C68H44N2/c1-3-17-49(18-4-1)66-61-25-13-11-23-58(61)59-24-12-14-26-62(59)67(66)50-32-38-54(39-33-50)69(55-40-31-48-28-27-46-15-7-9-21-56(46)64(48)44-55)53-36-29-45(30-37-53)51-35-41-60-63-42-34-47-16-8-10-22-57(47)68(63)70(65(60)43-51)52-19-5-2-6-20-52/h1-44H. The van der Waals surface area contributed by atoms with E-state index in [-0.39, 0.29) is 0 Å². The molecule has 0 radical (unpaired) electrons. The van der Waals surface area contributed by atoms with Crippen molar-refractivity contribution in [2.45, 2.75) is 0 Å². The number of aromatic nitrogens is 1. The van der Waals surface area contributed by atoms with E-state index in [9.17, 15) is 0 Å². The van der Waals surface area contributed by atoms with Gasteiger partial charge in [0.15, 0.2) is 0 Å². The van der Waals surface area contributed by atoms with Crippen molar-refractivity contribution >= 4 is 92.7 Å². The Kier molecular flexibility index (Phi) is 9.25. The van der Waals surface area contributed by atoms with Crippen molar-refractivity contribution < 1.29 is 0 Å². The molecule has 0 aliphatic heterocycles. The number of rotatable bonds is 7. The van der Waals surface area contributed by atoms with Gasteiger partial charge in [-0.15, -0.1) is 0 Å². The van der Waals surface area contributed by atoms with Gasteiger partial charge in [0.05, 0.1) is 11.0 Å². The van der Waals surface area contributed by atoms with E-state index in [1.807, 2.05) is 0 Å². The molecule has 14 rings (SSSR count). The van der Waals surface area contributed by atoms with Crippen LogP contribution in [0.2, 0.25) is 0 Å². The Balaban J connectivity index is 0.927. The molecule has 0 atom stereocenters. The highest BCUT2D eigenvalue weighted by Crippen LogP contribution is 2.46. The lowest BCUT2D eigenvalue weighted by molar-refractivity contribution is 1.19. The van der Waals surface area contributed by atoms with Crippen LogP contribution < -0.4 is 4.90 Å². The zero-order valence-corrected chi connectivity index (χ0v) is 38.3. The smallest absolute Gasteiger partial charge is 0.0619 e. The Labute approximate surface area is 406 Å². The summed E-state index contributed by atoms with van der Waals surface area (Å²) < 4.78 is 2.45. The third kappa shape index (κ3) is 6.42. The van der Waals surface area contributed by atoms with Gasteiger partial charge in [0.1, 0.15) is 0 Å². The molecule has 2 heteroatoms. The van der Waals surface area contributed by atoms with Gasteiger partial charge < -0.3 is 9.47 Å². The zero-order valence-electron chi connectivity index (χ0n) is 38.3. The first-order chi connectivity index (χ1) is 34.7. The molecule has 1 aromatic heterocycles. The Morgan fingerprint density at radius 3 is 1.34 bits per heavy atom. The van der Waals surface area contributed by atoms with Gasteiger partial charge in [-0.05, 0) is 136 Å². The number of anilines is 3. The van der Waals surface area contributed by atoms with Crippen molar-refractivity contribution in [3.05, 3.63) is 267 Å². The molecule has 70 heavy (non-hydrogen) atoms. The largest absolute Gasteiger partial charge is 0.310 e.